The summed E-state index contributed by atoms with van der Waals surface area (Å²) < 4.78 is 0. The van der Waals surface area contributed by atoms with Crippen LogP contribution in [-0.2, 0) is 6.42 Å². The standard InChI is InChI=1S/C16H26N2O3/c19-10-8-18(9-11-20)7-5-16(21)14-3-4-15-13(12-14)2-1-6-17-15/h3-4,12,16-17,19-21H,1-2,5-11H2. The minimum absolute atomic E-state index is 0.0700. The Morgan fingerprint density at radius 3 is 2.62 bits per heavy atom. The molecule has 1 aliphatic heterocycles. The minimum Gasteiger partial charge on any atom is -0.395 e. The van der Waals surface area contributed by atoms with Gasteiger partial charge in [-0.05, 0) is 36.5 Å². The lowest BCUT2D eigenvalue weighted by atomic mass is 9.97. The summed E-state index contributed by atoms with van der Waals surface area (Å²) in [7, 11) is 0. The zero-order chi connectivity index (χ0) is 15.1. The maximum Gasteiger partial charge on any atom is 0.0802 e. The van der Waals surface area contributed by atoms with E-state index in [4.69, 9.17) is 10.2 Å². The first kappa shape index (κ1) is 16.2. The van der Waals surface area contributed by atoms with Crippen molar-refractivity contribution < 1.29 is 15.3 Å². The maximum atomic E-state index is 10.3. The molecular weight excluding hydrogens is 268 g/mol. The third kappa shape index (κ3) is 4.68. The fourth-order valence-corrected chi connectivity index (χ4v) is 2.79. The van der Waals surface area contributed by atoms with Crippen molar-refractivity contribution in [2.45, 2.75) is 25.4 Å². The summed E-state index contributed by atoms with van der Waals surface area (Å²) >= 11 is 0. The quantitative estimate of drug-likeness (QED) is 0.569. The van der Waals surface area contributed by atoms with Crippen LogP contribution in [0, 0.1) is 0 Å². The number of aryl methyl sites for hydroxylation is 1. The molecule has 0 amide bonds. The number of anilines is 1. The highest BCUT2D eigenvalue weighted by Crippen LogP contribution is 2.26. The molecule has 0 radical (unpaired) electrons. The Labute approximate surface area is 126 Å². The number of benzene rings is 1. The molecular formula is C16H26N2O3. The zero-order valence-electron chi connectivity index (χ0n) is 12.5. The van der Waals surface area contributed by atoms with E-state index in [-0.39, 0.29) is 13.2 Å². The van der Waals surface area contributed by atoms with Crippen LogP contribution in [0.3, 0.4) is 0 Å². The van der Waals surface area contributed by atoms with Crippen molar-refractivity contribution in [2.24, 2.45) is 0 Å². The van der Waals surface area contributed by atoms with Crippen LogP contribution in [0.2, 0.25) is 0 Å². The number of fused-ring (bicyclic) bond motifs is 1. The Hall–Kier alpha value is -1.14. The lowest BCUT2D eigenvalue weighted by Gasteiger charge is -2.23. The first-order valence-corrected chi connectivity index (χ1v) is 7.73. The van der Waals surface area contributed by atoms with E-state index in [1.165, 1.54) is 11.3 Å². The van der Waals surface area contributed by atoms with Crippen molar-refractivity contribution in [3.63, 3.8) is 0 Å². The van der Waals surface area contributed by atoms with Crippen LogP contribution in [0.5, 0.6) is 0 Å². The van der Waals surface area contributed by atoms with E-state index >= 15 is 0 Å². The van der Waals surface area contributed by atoms with Gasteiger partial charge in [0.15, 0.2) is 0 Å². The largest absolute Gasteiger partial charge is 0.395 e. The number of hydrogen-bond donors (Lipinski definition) is 4. The molecule has 5 nitrogen and oxygen atoms in total. The predicted octanol–water partition coefficient (Wildman–Crippen LogP) is 0.755. The summed E-state index contributed by atoms with van der Waals surface area (Å²) in [6.45, 7) is 2.88. The summed E-state index contributed by atoms with van der Waals surface area (Å²) in [6.07, 6.45) is 2.29. The normalized spacial score (nSPS) is 15.6. The lowest BCUT2D eigenvalue weighted by Crippen LogP contribution is -2.31. The molecule has 0 spiro atoms. The van der Waals surface area contributed by atoms with Gasteiger partial charge in [0.25, 0.3) is 0 Å². The van der Waals surface area contributed by atoms with Crippen LogP contribution in [0.15, 0.2) is 18.2 Å². The van der Waals surface area contributed by atoms with Gasteiger partial charge in [-0.25, -0.2) is 0 Å². The molecule has 1 aromatic carbocycles. The fraction of sp³-hybridized carbons (Fsp3) is 0.625. The second-order valence-corrected chi connectivity index (χ2v) is 5.54. The van der Waals surface area contributed by atoms with Crippen LogP contribution in [0.4, 0.5) is 5.69 Å². The molecule has 0 aromatic heterocycles. The molecule has 1 atom stereocenters. The van der Waals surface area contributed by atoms with Crippen LogP contribution in [0.1, 0.15) is 30.1 Å². The highest BCUT2D eigenvalue weighted by molar-refractivity contribution is 5.54. The molecule has 1 aliphatic rings. The van der Waals surface area contributed by atoms with Crippen LogP contribution in [0.25, 0.3) is 0 Å². The summed E-state index contributed by atoms with van der Waals surface area (Å²) in [5.74, 6) is 0. The third-order valence-corrected chi connectivity index (χ3v) is 4.00. The van der Waals surface area contributed by atoms with Gasteiger partial charge in [-0.3, -0.25) is 4.90 Å². The Kier molecular flexibility index (Phi) is 6.45. The van der Waals surface area contributed by atoms with Gasteiger partial charge in [-0.15, -0.1) is 0 Å². The van der Waals surface area contributed by atoms with E-state index in [0.717, 1.165) is 24.9 Å². The Balaban J connectivity index is 1.91. The number of aliphatic hydroxyl groups is 3. The molecule has 0 bridgehead atoms. The maximum absolute atomic E-state index is 10.3. The molecule has 0 saturated heterocycles. The lowest BCUT2D eigenvalue weighted by molar-refractivity contribution is 0.118. The molecule has 118 valence electrons. The van der Waals surface area contributed by atoms with Crippen molar-refractivity contribution in [1.29, 1.82) is 0 Å². The second-order valence-electron chi connectivity index (χ2n) is 5.54. The van der Waals surface area contributed by atoms with Gasteiger partial charge in [0.05, 0.1) is 19.3 Å². The van der Waals surface area contributed by atoms with E-state index in [1.54, 1.807) is 0 Å². The van der Waals surface area contributed by atoms with Crippen molar-refractivity contribution in [2.75, 3.05) is 44.7 Å². The molecule has 0 fully saturated rings. The fourth-order valence-electron chi connectivity index (χ4n) is 2.79. The Morgan fingerprint density at radius 1 is 1.14 bits per heavy atom. The average molecular weight is 294 g/mol. The van der Waals surface area contributed by atoms with Crippen molar-refractivity contribution in [3.05, 3.63) is 29.3 Å². The smallest absolute Gasteiger partial charge is 0.0802 e. The summed E-state index contributed by atoms with van der Waals surface area (Å²) in [5.41, 5.74) is 3.41. The number of aliphatic hydroxyl groups excluding tert-OH is 3. The molecule has 1 unspecified atom stereocenters. The van der Waals surface area contributed by atoms with Gasteiger partial charge < -0.3 is 20.6 Å². The summed E-state index contributed by atoms with van der Waals surface area (Å²) in [4.78, 5) is 1.96. The van der Waals surface area contributed by atoms with Crippen molar-refractivity contribution >= 4 is 5.69 Å². The summed E-state index contributed by atoms with van der Waals surface area (Å²) in [6, 6.07) is 6.12. The Morgan fingerprint density at radius 2 is 1.90 bits per heavy atom. The van der Waals surface area contributed by atoms with Crippen LogP contribution >= 0.6 is 0 Å². The molecule has 5 heteroatoms. The highest BCUT2D eigenvalue weighted by Gasteiger charge is 2.14. The SMILES string of the molecule is OCCN(CCO)CCC(O)c1ccc2c(c1)CCCN2. The number of nitrogens with zero attached hydrogens (tertiary/aromatic N) is 1. The molecule has 0 saturated carbocycles. The monoisotopic (exact) mass is 294 g/mol. The topological polar surface area (TPSA) is 76.0 Å². The molecule has 1 heterocycles. The van der Waals surface area contributed by atoms with Crippen molar-refractivity contribution in [3.8, 4) is 0 Å². The van der Waals surface area contributed by atoms with Crippen molar-refractivity contribution in [1.82, 2.24) is 4.90 Å². The van der Waals surface area contributed by atoms with Gasteiger partial charge in [-0.1, -0.05) is 12.1 Å². The van der Waals surface area contributed by atoms with E-state index < -0.39 is 6.10 Å². The predicted molar refractivity (Wildman–Crippen MR) is 83.4 cm³/mol. The Bertz CT molecular complexity index is 434. The molecule has 0 aliphatic carbocycles. The molecule has 1 aromatic rings. The van der Waals surface area contributed by atoms with Gasteiger partial charge in [-0.2, -0.15) is 0 Å². The van der Waals surface area contributed by atoms with Crippen LogP contribution < -0.4 is 5.32 Å². The zero-order valence-corrected chi connectivity index (χ0v) is 12.5. The summed E-state index contributed by atoms with van der Waals surface area (Å²) in [5, 5.41) is 31.7. The highest BCUT2D eigenvalue weighted by atomic mass is 16.3. The molecule has 2 rings (SSSR count). The average Bonchev–Trinajstić information content (AvgIpc) is 2.52. The van der Waals surface area contributed by atoms with E-state index in [1.807, 2.05) is 17.0 Å². The number of nitrogens with one attached hydrogen (secondary N) is 1. The van der Waals surface area contributed by atoms with Gasteiger partial charge in [0.2, 0.25) is 0 Å². The molecule has 21 heavy (non-hydrogen) atoms. The van der Waals surface area contributed by atoms with Gasteiger partial charge in [0.1, 0.15) is 0 Å². The molecule has 4 N–H and O–H groups in total. The number of hydrogen-bond acceptors (Lipinski definition) is 5. The van der Waals surface area contributed by atoms with Gasteiger partial charge in [0, 0.05) is 31.9 Å². The van der Waals surface area contributed by atoms with E-state index in [0.29, 0.717) is 26.1 Å². The minimum atomic E-state index is -0.503. The van der Waals surface area contributed by atoms with Crippen LogP contribution in [-0.4, -0.2) is 59.6 Å². The van der Waals surface area contributed by atoms with E-state index in [2.05, 4.69) is 11.4 Å². The third-order valence-electron chi connectivity index (χ3n) is 4.00. The van der Waals surface area contributed by atoms with E-state index in [9.17, 15) is 5.11 Å². The number of rotatable bonds is 8. The van der Waals surface area contributed by atoms with Gasteiger partial charge >= 0.3 is 0 Å². The first-order chi connectivity index (χ1) is 10.2. The second kappa shape index (κ2) is 8.34. The first-order valence-electron chi connectivity index (χ1n) is 7.73.